The summed E-state index contributed by atoms with van der Waals surface area (Å²) in [7, 11) is -0.0696. The number of aliphatic imine (C=N–C) groups is 1. The Morgan fingerprint density at radius 3 is 2.44 bits per heavy atom. The third-order valence-electron chi connectivity index (χ3n) is 4.04. The molecule has 1 aromatic carbocycles. The van der Waals surface area contributed by atoms with Crippen LogP contribution in [0, 0.1) is 5.82 Å². The molecule has 0 fully saturated rings. The van der Waals surface area contributed by atoms with Crippen molar-refractivity contribution < 1.29 is 17.5 Å². The molecule has 0 atom stereocenters. The Labute approximate surface area is 162 Å². The van der Waals surface area contributed by atoms with Crippen molar-refractivity contribution in [2.45, 2.75) is 27.3 Å². The van der Waals surface area contributed by atoms with E-state index in [1.165, 1.54) is 17.5 Å². The molecule has 154 valence electrons. The summed E-state index contributed by atoms with van der Waals surface area (Å²) in [6, 6.07) is 4.79. The van der Waals surface area contributed by atoms with Gasteiger partial charge in [0.05, 0.1) is 19.4 Å². The van der Waals surface area contributed by atoms with E-state index < -0.39 is 15.8 Å². The molecule has 7 nitrogen and oxygen atoms in total. The van der Waals surface area contributed by atoms with Crippen molar-refractivity contribution in [2.24, 2.45) is 4.99 Å². The van der Waals surface area contributed by atoms with Gasteiger partial charge in [-0.25, -0.2) is 17.1 Å². The molecule has 1 N–H and O–H groups in total. The zero-order valence-corrected chi connectivity index (χ0v) is 17.6. The van der Waals surface area contributed by atoms with E-state index in [-0.39, 0.29) is 18.0 Å². The van der Waals surface area contributed by atoms with Crippen LogP contribution in [0.1, 0.15) is 26.3 Å². The molecule has 0 aromatic heterocycles. The quantitative estimate of drug-likeness (QED) is 0.478. The molecule has 1 rings (SSSR count). The highest BCUT2D eigenvalue weighted by molar-refractivity contribution is 7.89. The highest BCUT2D eigenvalue weighted by Crippen LogP contribution is 2.18. The highest BCUT2D eigenvalue weighted by atomic mass is 32.2. The van der Waals surface area contributed by atoms with Gasteiger partial charge in [-0.15, -0.1) is 0 Å². The molecule has 0 amide bonds. The van der Waals surface area contributed by atoms with Crippen LogP contribution in [-0.2, 0) is 16.6 Å². The van der Waals surface area contributed by atoms with Gasteiger partial charge in [0.2, 0.25) is 10.0 Å². The molecule has 0 spiro atoms. The second-order valence-electron chi connectivity index (χ2n) is 5.96. The van der Waals surface area contributed by atoms with Gasteiger partial charge in [-0.3, -0.25) is 4.99 Å². The molecule has 0 aliphatic carbocycles. The molecule has 0 aliphatic heterocycles. The fourth-order valence-electron chi connectivity index (χ4n) is 2.64. The van der Waals surface area contributed by atoms with E-state index in [0.29, 0.717) is 32.1 Å². The smallest absolute Gasteiger partial charge is 0.215 e. The van der Waals surface area contributed by atoms with Gasteiger partial charge in [0.25, 0.3) is 0 Å². The third-order valence-corrected chi connectivity index (χ3v) is 6.04. The summed E-state index contributed by atoms with van der Waals surface area (Å²) in [4.78, 5) is 6.24. The lowest BCUT2D eigenvalue weighted by Gasteiger charge is -2.23. The SMILES string of the molecule is CCNC(=NCCS(=O)(=O)N(CC)CC)N(C)Cc1ccc(OC)c(F)c1. The summed E-state index contributed by atoms with van der Waals surface area (Å²) in [6.07, 6.45) is 0. The molecular formula is C18H31FN4O3S. The zero-order valence-electron chi connectivity index (χ0n) is 16.8. The van der Waals surface area contributed by atoms with Crippen LogP contribution < -0.4 is 10.1 Å². The predicted molar refractivity (Wildman–Crippen MR) is 107 cm³/mol. The average Bonchev–Trinajstić information content (AvgIpc) is 2.61. The monoisotopic (exact) mass is 402 g/mol. The second-order valence-corrected chi connectivity index (χ2v) is 8.05. The van der Waals surface area contributed by atoms with Crippen LogP contribution in [0.4, 0.5) is 4.39 Å². The molecule has 0 unspecified atom stereocenters. The number of methoxy groups -OCH3 is 1. The van der Waals surface area contributed by atoms with Crippen LogP contribution in [0.3, 0.4) is 0 Å². The molecule has 9 heteroatoms. The standard InChI is InChI=1S/C18H31FN4O3S/c1-6-20-18(21-11-12-27(24,25)23(7-2)8-3)22(4)14-15-9-10-17(26-5)16(19)13-15/h9-10,13H,6-8,11-12,14H2,1-5H3,(H,20,21). The Hall–Kier alpha value is -1.87. The van der Waals surface area contributed by atoms with Gasteiger partial charge >= 0.3 is 0 Å². The Bertz CT molecular complexity index is 721. The highest BCUT2D eigenvalue weighted by Gasteiger charge is 2.18. The predicted octanol–water partition coefficient (Wildman–Crippen LogP) is 1.90. The molecule has 27 heavy (non-hydrogen) atoms. The van der Waals surface area contributed by atoms with Crippen LogP contribution in [0.25, 0.3) is 0 Å². The summed E-state index contributed by atoms with van der Waals surface area (Å²) >= 11 is 0. The largest absolute Gasteiger partial charge is 0.494 e. The van der Waals surface area contributed by atoms with E-state index >= 15 is 0 Å². The van der Waals surface area contributed by atoms with Gasteiger partial charge in [0, 0.05) is 33.2 Å². The lowest BCUT2D eigenvalue weighted by Crippen LogP contribution is -2.39. The lowest BCUT2D eigenvalue weighted by molar-refractivity contribution is 0.385. The van der Waals surface area contributed by atoms with Gasteiger partial charge in [-0.2, -0.15) is 0 Å². The van der Waals surface area contributed by atoms with E-state index in [1.54, 1.807) is 12.1 Å². The van der Waals surface area contributed by atoms with Crippen molar-refractivity contribution in [3.05, 3.63) is 29.6 Å². The van der Waals surface area contributed by atoms with Crippen molar-refractivity contribution >= 4 is 16.0 Å². The summed E-state index contributed by atoms with van der Waals surface area (Å²) in [6.45, 7) is 7.69. The first kappa shape index (κ1) is 23.2. The van der Waals surface area contributed by atoms with Gasteiger partial charge in [0.15, 0.2) is 17.5 Å². The van der Waals surface area contributed by atoms with Gasteiger partial charge < -0.3 is 15.0 Å². The molecule has 0 saturated heterocycles. The van der Waals surface area contributed by atoms with Crippen LogP contribution in [0.15, 0.2) is 23.2 Å². The Morgan fingerprint density at radius 2 is 1.93 bits per heavy atom. The minimum atomic E-state index is -3.31. The van der Waals surface area contributed by atoms with E-state index in [2.05, 4.69) is 10.3 Å². The number of rotatable bonds is 10. The van der Waals surface area contributed by atoms with Crippen LogP contribution in [0.2, 0.25) is 0 Å². The van der Waals surface area contributed by atoms with Crippen LogP contribution >= 0.6 is 0 Å². The Balaban J connectivity index is 2.81. The van der Waals surface area contributed by atoms with Crippen LogP contribution in [-0.4, -0.2) is 69.7 Å². The number of benzene rings is 1. The van der Waals surface area contributed by atoms with E-state index in [0.717, 1.165) is 5.56 Å². The Kier molecular flexibility index (Phi) is 9.51. The van der Waals surface area contributed by atoms with Crippen molar-refractivity contribution in [3.63, 3.8) is 0 Å². The molecule has 0 bridgehead atoms. The Morgan fingerprint density at radius 1 is 1.26 bits per heavy atom. The fraction of sp³-hybridized carbons (Fsp3) is 0.611. The normalized spacial score (nSPS) is 12.3. The molecule has 0 saturated carbocycles. The second kappa shape index (κ2) is 11.1. The average molecular weight is 403 g/mol. The molecular weight excluding hydrogens is 371 g/mol. The fourth-order valence-corrected chi connectivity index (χ4v) is 4.01. The van der Waals surface area contributed by atoms with Crippen molar-refractivity contribution in [3.8, 4) is 5.75 Å². The lowest BCUT2D eigenvalue weighted by atomic mass is 10.2. The summed E-state index contributed by atoms with van der Waals surface area (Å²) in [5, 5.41) is 3.13. The minimum Gasteiger partial charge on any atom is -0.494 e. The van der Waals surface area contributed by atoms with Gasteiger partial charge in [-0.1, -0.05) is 19.9 Å². The third kappa shape index (κ3) is 6.99. The maximum Gasteiger partial charge on any atom is 0.215 e. The van der Waals surface area contributed by atoms with Gasteiger partial charge in [-0.05, 0) is 24.6 Å². The maximum absolute atomic E-state index is 13.9. The number of sulfonamides is 1. The van der Waals surface area contributed by atoms with E-state index in [4.69, 9.17) is 4.74 Å². The first-order chi connectivity index (χ1) is 12.8. The molecule has 1 aromatic rings. The number of ether oxygens (including phenoxy) is 1. The maximum atomic E-state index is 13.9. The topological polar surface area (TPSA) is 74.2 Å². The number of nitrogens with one attached hydrogen (secondary N) is 1. The molecule has 0 radical (unpaired) electrons. The van der Waals surface area contributed by atoms with E-state index in [1.807, 2.05) is 32.7 Å². The molecule has 0 heterocycles. The first-order valence-corrected chi connectivity index (χ1v) is 10.7. The minimum absolute atomic E-state index is 0.0470. The number of hydrogen-bond acceptors (Lipinski definition) is 4. The molecule has 0 aliphatic rings. The number of nitrogens with zero attached hydrogens (tertiary/aromatic N) is 3. The summed E-state index contributed by atoms with van der Waals surface area (Å²) in [5.41, 5.74) is 0.761. The van der Waals surface area contributed by atoms with Crippen molar-refractivity contribution in [1.29, 1.82) is 0 Å². The summed E-state index contributed by atoms with van der Waals surface area (Å²) < 4.78 is 44.7. The number of guanidine groups is 1. The zero-order chi connectivity index (χ0) is 20.4. The van der Waals surface area contributed by atoms with E-state index in [9.17, 15) is 12.8 Å². The van der Waals surface area contributed by atoms with Gasteiger partial charge in [0.1, 0.15) is 0 Å². The number of halogens is 1. The van der Waals surface area contributed by atoms with Crippen LogP contribution in [0.5, 0.6) is 5.75 Å². The van der Waals surface area contributed by atoms with Crippen molar-refractivity contribution in [1.82, 2.24) is 14.5 Å². The summed E-state index contributed by atoms with van der Waals surface area (Å²) in [5.74, 6) is 0.303. The number of hydrogen-bond donors (Lipinski definition) is 1. The first-order valence-electron chi connectivity index (χ1n) is 9.08. The van der Waals surface area contributed by atoms with Crippen molar-refractivity contribution in [2.75, 3.05) is 46.1 Å².